The van der Waals surface area contributed by atoms with Gasteiger partial charge in [-0.25, -0.2) is 4.79 Å². The van der Waals surface area contributed by atoms with E-state index in [0.717, 1.165) is 0 Å². The standard InChI is InChI=1S/C11H18O4/c1-8(10(13)15-4)6-5-7-11(3,14)9(2)12/h5-7,9,12,14H,1-4H3/t9-,11-/m1/s1. The highest BCUT2D eigenvalue weighted by molar-refractivity contribution is 5.87. The summed E-state index contributed by atoms with van der Waals surface area (Å²) in [5.41, 5.74) is -0.873. The first-order chi connectivity index (χ1) is 6.81. The van der Waals surface area contributed by atoms with Crippen LogP contribution in [0.25, 0.3) is 0 Å². The summed E-state index contributed by atoms with van der Waals surface area (Å²) < 4.78 is 4.49. The number of aliphatic hydroxyl groups is 2. The van der Waals surface area contributed by atoms with Crippen molar-refractivity contribution >= 4 is 5.97 Å². The van der Waals surface area contributed by atoms with Crippen molar-refractivity contribution in [1.29, 1.82) is 0 Å². The summed E-state index contributed by atoms with van der Waals surface area (Å²) in [7, 11) is 1.30. The molecule has 0 heterocycles. The number of hydrogen-bond donors (Lipinski definition) is 2. The van der Waals surface area contributed by atoms with E-state index in [2.05, 4.69) is 4.74 Å². The second-order valence-corrected chi connectivity index (χ2v) is 3.60. The molecule has 0 bridgehead atoms. The third-order valence-corrected chi connectivity index (χ3v) is 2.13. The highest BCUT2D eigenvalue weighted by Crippen LogP contribution is 2.11. The van der Waals surface area contributed by atoms with E-state index in [1.54, 1.807) is 6.92 Å². The molecule has 0 rings (SSSR count). The van der Waals surface area contributed by atoms with Gasteiger partial charge in [0.25, 0.3) is 0 Å². The van der Waals surface area contributed by atoms with Gasteiger partial charge in [-0.2, -0.15) is 0 Å². The van der Waals surface area contributed by atoms with Gasteiger partial charge in [-0.3, -0.25) is 0 Å². The van der Waals surface area contributed by atoms with Crippen molar-refractivity contribution in [1.82, 2.24) is 0 Å². The molecule has 0 saturated heterocycles. The SMILES string of the molecule is COC(=O)C(C)=CC=C[C@@](C)(O)[C@@H](C)O. The van der Waals surface area contributed by atoms with Gasteiger partial charge < -0.3 is 14.9 Å². The van der Waals surface area contributed by atoms with Crippen molar-refractivity contribution in [3.63, 3.8) is 0 Å². The van der Waals surface area contributed by atoms with Crippen molar-refractivity contribution in [3.8, 4) is 0 Å². The Morgan fingerprint density at radius 2 is 2.07 bits per heavy atom. The predicted molar refractivity (Wildman–Crippen MR) is 57.2 cm³/mol. The molecule has 0 aromatic carbocycles. The maximum atomic E-state index is 11.0. The zero-order valence-electron chi connectivity index (χ0n) is 9.52. The molecule has 15 heavy (non-hydrogen) atoms. The van der Waals surface area contributed by atoms with Gasteiger partial charge in [-0.15, -0.1) is 0 Å². The summed E-state index contributed by atoms with van der Waals surface area (Å²) in [4.78, 5) is 11.0. The molecule has 86 valence electrons. The molecule has 4 heteroatoms. The smallest absolute Gasteiger partial charge is 0.333 e. The van der Waals surface area contributed by atoms with Crippen molar-refractivity contribution in [2.24, 2.45) is 0 Å². The lowest BCUT2D eigenvalue weighted by Gasteiger charge is -2.21. The number of aliphatic hydroxyl groups excluding tert-OH is 1. The molecule has 0 unspecified atom stereocenters. The lowest BCUT2D eigenvalue weighted by atomic mass is 10.00. The predicted octanol–water partition coefficient (Wildman–Crippen LogP) is 0.794. The van der Waals surface area contributed by atoms with Crippen LogP contribution in [0, 0.1) is 0 Å². The molecule has 2 atom stereocenters. The highest BCUT2D eigenvalue weighted by Gasteiger charge is 2.22. The first kappa shape index (κ1) is 13.9. The van der Waals surface area contributed by atoms with Gasteiger partial charge >= 0.3 is 5.97 Å². The number of carbonyl (C=O) groups is 1. The molecule has 0 aromatic heterocycles. The Hall–Kier alpha value is -1.13. The van der Waals surface area contributed by atoms with Crippen molar-refractivity contribution in [2.45, 2.75) is 32.5 Å². The molecule has 0 radical (unpaired) electrons. The summed E-state index contributed by atoms with van der Waals surface area (Å²) in [6.45, 7) is 4.57. The third kappa shape index (κ3) is 4.76. The van der Waals surface area contributed by atoms with Crippen LogP contribution >= 0.6 is 0 Å². The summed E-state index contributed by atoms with van der Waals surface area (Å²) in [5, 5.41) is 18.8. The van der Waals surface area contributed by atoms with E-state index < -0.39 is 17.7 Å². The zero-order chi connectivity index (χ0) is 12.1. The Morgan fingerprint density at radius 3 is 2.47 bits per heavy atom. The van der Waals surface area contributed by atoms with Gasteiger partial charge in [0.1, 0.15) is 5.60 Å². The minimum Gasteiger partial charge on any atom is -0.466 e. The molecule has 0 saturated carbocycles. The summed E-state index contributed by atoms with van der Waals surface area (Å²) in [6.07, 6.45) is 3.58. The maximum Gasteiger partial charge on any atom is 0.333 e. The van der Waals surface area contributed by atoms with Crippen LogP contribution in [-0.4, -0.2) is 35.0 Å². The second-order valence-electron chi connectivity index (χ2n) is 3.60. The molecule has 0 aliphatic carbocycles. The number of hydrogen-bond acceptors (Lipinski definition) is 4. The van der Waals surface area contributed by atoms with E-state index in [9.17, 15) is 15.0 Å². The molecule has 0 spiro atoms. The van der Waals surface area contributed by atoms with E-state index in [1.807, 2.05) is 0 Å². The van der Waals surface area contributed by atoms with Crippen LogP contribution in [-0.2, 0) is 9.53 Å². The van der Waals surface area contributed by atoms with Gasteiger partial charge in [0.2, 0.25) is 0 Å². The molecular formula is C11H18O4. The topological polar surface area (TPSA) is 66.8 Å². The molecule has 2 N–H and O–H groups in total. The fourth-order valence-corrected chi connectivity index (χ4v) is 0.756. The lowest BCUT2D eigenvalue weighted by molar-refractivity contribution is -0.136. The lowest BCUT2D eigenvalue weighted by Crippen LogP contribution is -2.34. The maximum absolute atomic E-state index is 11.0. The van der Waals surface area contributed by atoms with Crippen LogP contribution in [0.4, 0.5) is 0 Å². The van der Waals surface area contributed by atoms with Crippen LogP contribution < -0.4 is 0 Å². The molecule has 0 aliphatic rings. The molecule has 0 fully saturated rings. The second kappa shape index (κ2) is 5.68. The highest BCUT2D eigenvalue weighted by atomic mass is 16.5. The first-order valence-electron chi connectivity index (χ1n) is 4.66. The largest absolute Gasteiger partial charge is 0.466 e. The van der Waals surface area contributed by atoms with Crippen LogP contribution in [0.5, 0.6) is 0 Å². The minimum atomic E-state index is -1.30. The number of allylic oxidation sites excluding steroid dienone is 2. The van der Waals surface area contributed by atoms with Gasteiger partial charge in [-0.05, 0) is 20.8 Å². The van der Waals surface area contributed by atoms with E-state index in [1.165, 1.54) is 39.2 Å². The Balaban J connectivity index is 4.50. The van der Waals surface area contributed by atoms with E-state index >= 15 is 0 Å². The average Bonchev–Trinajstić information content (AvgIpc) is 2.15. The molecular weight excluding hydrogens is 196 g/mol. The average molecular weight is 214 g/mol. The number of esters is 1. The van der Waals surface area contributed by atoms with Gasteiger partial charge in [0, 0.05) is 5.57 Å². The van der Waals surface area contributed by atoms with E-state index in [4.69, 9.17) is 0 Å². The minimum absolute atomic E-state index is 0.420. The summed E-state index contributed by atoms with van der Waals surface area (Å²) >= 11 is 0. The Kier molecular flexibility index (Phi) is 5.25. The zero-order valence-corrected chi connectivity index (χ0v) is 9.52. The normalized spacial score (nSPS) is 18.7. The third-order valence-electron chi connectivity index (χ3n) is 2.13. The van der Waals surface area contributed by atoms with Crippen LogP contribution in [0.2, 0.25) is 0 Å². The van der Waals surface area contributed by atoms with Crippen molar-refractivity contribution in [3.05, 3.63) is 23.8 Å². The van der Waals surface area contributed by atoms with Crippen LogP contribution in [0.15, 0.2) is 23.8 Å². The number of ether oxygens (including phenoxy) is 1. The number of rotatable bonds is 4. The monoisotopic (exact) mass is 214 g/mol. The molecule has 0 aliphatic heterocycles. The fourth-order valence-electron chi connectivity index (χ4n) is 0.756. The van der Waals surface area contributed by atoms with Gasteiger partial charge in [0.15, 0.2) is 0 Å². The Bertz CT molecular complexity index is 274. The summed E-state index contributed by atoms with van der Waals surface area (Å²) in [5.74, 6) is -0.420. The van der Waals surface area contributed by atoms with E-state index in [0.29, 0.717) is 5.57 Å². The van der Waals surface area contributed by atoms with Crippen molar-refractivity contribution < 1.29 is 19.7 Å². The summed E-state index contributed by atoms with van der Waals surface area (Å²) in [6, 6.07) is 0. The van der Waals surface area contributed by atoms with Crippen molar-refractivity contribution in [2.75, 3.05) is 7.11 Å². The Labute approximate surface area is 89.9 Å². The van der Waals surface area contributed by atoms with Gasteiger partial charge in [-0.1, -0.05) is 18.2 Å². The van der Waals surface area contributed by atoms with E-state index in [-0.39, 0.29) is 0 Å². The Morgan fingerprint density at radius 1 is 1.53 bits per heavy atom. The number of carbonyl (C=O) groups excluding carboxylic acids is 1. The van der Waals surface area contributed by atoms with Gasteiger partial charge in [0.05, 0.1) is 13.2 Å². The number of methoxy groups -OCH3 is 1. The molecule has 4 nitrogen and oxygen atoms in total. The van der Waals surface area contributed by atoms with Crippen LogP contribution in [0.1, 0.15) is 20.8 Å². The quantitative estimate of drug-likeness (QED) is 0.412. The van der Waals surface area contributed by atoms with Crippen LogP contribution in [0.3, 0.4) is 0 Å². The molecule has 0 amide bonds. The molecule has 0 aromatic rings. The first-order valence-corrected chi connectivity index (χ1v) is 4.66. The fraction of sp³-hybridized carbons (Fsp3) is 0.545.